The first-order valence-corrected chi connectivity index (χ1v) is 13.4. The molecule has 32 heavy (non-hydrogen) atoms. The van der Waals surface area contributed by atoms with Crippen molar-refractivity contribution in [3.05, 3.63) is 0 Å². The smallest absolute Gasteiger partial charge is 0.334 e. The molecule has 0 aliphatic rings. The Morgan fingerprint density at radius 3 is 0.500 bits per heavy atom. The number of hydrogen-bond donors (Lipinski definition) is 20. The molecule has 0 atom stereocenters. The van der Waals surface area contributed by atoms with Gasteiger partial charge in [-0.2, -0.15) is 0 Å². The van der Waals surface area contributed by atoms with Crippen molar-refractivity contribution in [3.63, 3.8) is 0 Å². The van der Waals surface area contributed by atoms with Crippen LogP contribution in [-0.4, -0.2) is 125 Å². The molecule has 20 N–H and O–H groups in total. The van der Waals surface area contributed by atoms with Gasteiger partial charge in [-0.25, -0.2) is 4.31 Å². The number of hydrogen-bond acceptors (Lipinski definition) is 21. The van der Waals surface area contributed by atoms with Crippen molar-refractivity contribution in [2.45, 2.75) is 0 Å². The van der Waals surface area contributed by atoms with Crippen LogP contribution in [0.5, 0.6) is 0 Å². The minimum atomic E-state index is -2.62. The Kier molecular flexibility index (Phi) is 51.3. The van der Waals surface area contributed by atoms with E-state index in [1.807, 2.05) is 0 Å². The van der Waals surface area contributed by atoms with Gasteiger partial charge in [-0.15, -0.1) is 0 Å². The van der Waals surface area contributed by atoms with E-state index in [1.165, 1.54) is 0 Å². The van der Waals surface area contributed by atoms with Crippen LogP contribution in [0.15, 0.2) is 0 Å². The van der Waals surface area contributed by atoms with Crippen molar-refractivity contribution < 1.29 is 103 Å². The van der Waals surface area contributed by atoms with E-state index < -0.39 is 83.5 Å². The van der Waals surface area contributed by atoms with Crippen LogP contribution in [-0.2, 0) is 4.31 Å². The fourth-order valence-corrected chi connectivity index (χ4v) is 0.888. The Hall–Kier alpha value is 1.74. The first-order valence-electron chi connectivity index (χ1n) is 6.24. The van der Waals surface area contributed by atoms with Gasteiger partial charge in [0.05, 0.1) is 31.8 Å². The van der Waals surface area contributed by atoms with Gasteiger partial charge in [0, 0.05) is 0 Å². The first-order chi connectivity index (χ1) is 14.3. The molecule has 0 amide bonds. The van der Waals surface area contributed by atoms with E-state index in [4.69, 9.17) is 98.7 Å². The summed E-state index contributed by atoms with van der Waals surface area (Å²) in [5, 5.41) is 34.0. The average molecular weight is 610 g/mol. The Morgan fingerprint density at radius 2 is 0.500 bits per heavy atom. The zero-order chi connectivity index (χ0) is 27.5. The minimum Gasteiger partial charge on any atom is -0.396 e. The lowest BCUT2D eigenvalue weighted by atomic mass is 9.93. The predicted molar refractivity (Wildman–Crippen MR) is 109 cm³/mol. The summed E-state index contributed by atoms with van der Waals surface area (Å²) in [6.07, 6.45) is 0. The van der Waals surface area contributed by atoms with Crippen LogP contribution in [0.3, 0.4) is 0 Å². The Labute approximate surface area is 187 Å². The summed E-state index contributed by atoms with van der Waals surface area (Å²) in [5.74, 6) is 0. The van der Waals surface area contributed by atoms with Crippen molar-refractivity contribution >= 4 is 51.6 Å². The summed E-state index contributed by atoms with van der Waals surface area (Å²) >= 11 is 0. The maximum absolute atomic E-state index is 8.50. The monoisotopic (exact) mass is 610 g/mol. The maximum atomic E-state index is 8.50. The summed E-state index contributed by atoms with van der Waals surface area (Å²) in [7, 11) is -15.7. The summed E-state index contributed by atoms with van der Waals surface area (Å²) in [4.78, 5) is 118. The fraction of sp³-hybridized carbons (Fsp3) is 1.00. The molecule has 0 radical (unpaired) electrons. The molecule has 0 rings (SSSR count). The lowest BCUT2D eigenvalue weighted by Crippen LogP contribution is -2.37. The number of aliphatic hydroxyl groups excluding tert-OH is 4. The van der Waals surface area contributed by atoms with Crippen LogP contribution >= 0.6 is 51.6 Å². The SMILES string of the molecule is OCC(CO)(CO)CO.OP(O)O.OP(O)O.OP(O)O.OP(O)O.OP(O)OP(O)O. The predicted octanol–water partition coefficient (Wildman–Crippen LogP) is -5.87. The van der Waals surface area contributed by atoms with Gasteiger partial charge >= 0.3 is 51.6 Å². The number of aliphatic hydroxyl groups is 4. The molecule has 0 fully saturated rings. The molecule has 0 aromatic rings. The second kappa shape index (κ2) is 34.9. The maximum Gasteiger partial charge on any atom is 0.334 e. The Bertz CT molecular complexity index is 246. The van der Waals surface area contributed by atoms with Gasteiger partial charge < -0.3 is 98.7 Å². The molecular formula is C5H28O21P6. The van der Waals surface area contributed by atoms with E-state index in [1.54, 1.807) is 0 Å². The van der Waals surface area contributed by atoms with Gasteiger partial charge in [0.15, 0.2) is 0 Å². The van der Waals surface area contributed by atoms with Gasteiger partial charge in [0.1, 0.15) is 0 Å². The highest BCUT2D eigenvalue weighted by Gasteiger charge is 2.26. The molecule has 204 valence electrons. The molecule has 27 heteroatoms. The van der Waals surface area contributed by atoms with Gasteiger partial charge in [-0.05, 0) is 0 Å². The molecule has 21 nitrogen and oxygen atoms in total. The summed E-state index contributed by atoms with van der Waals surface area (Å²) in [6.45, 7) is -1.62. The third-order valence-corrected chi connectivity index (χ3v) is 2.66. The Balaban J connectivity index is -0.0000000661. The van der Waals surface area contributed by atoms with Crippen LogP contribution < -0.4 is 0 Å². The molecule has 0 unspecified atom stereocenters. The van der Waals surface area contributed by atoms with E-state index in [2.05, 4.69) is 4.31 Å². The van der Waals surface area contributed by atoms with Crippen LogP contribution in [0.1, 0.15) is 0 Å². The highest BCUT2D eigenvalue weighted by molar-refractivity contribution is 7.53. The van der Waals surface area contributed by atoms with E-state index in [0.717, 1.165) is 0 Å². The van der Waals surface area contributed by atoms with Crippen molar-refractivity contribution in [2.24, 2.45) is 5.41 Å². The van der Waals surface area contributed by atoms with Crippen molar-refractivity contribution in [2.75, 3.05) is 26.4 Å². The van der Waals surface area contributed by atoms with Crippen molar-refractivity contribution in [3.8, 4) is 0 Å². The highest BCUT2D eigenvalue weighted by Crippen LogP contribution is 2.41. The molecule has 0 aliphatic heterocycles. The lowest BCUT2D eigenvalue weighted by Gasteiger charge is -2.23. The largest absolute Gasteiger partial charge is 0.396 e. The third kappa shape index (κ3) is 95.3. The highest BCUT2D eigenvalue weighted by atomic mass is 31.2. The number of rotatable bonds is 6. The second-order valence-corrected chi connectivity index (χ2v) is 7.60. The van der Waals surface area contributed by atoms with Gasteiger partial charge in [-0.3, -0.25) is 0 Å². The zero-order valence-corrected chi connectivity index (χ0v) is 20.7. The van der Waals surface area contributed by atoms with E-state index in [9.17, 15) is 0 Å². The quantitative estimate of drug-likeness (QED) is 0.124. The van der Waals surface area contributed by atoms with Crippen LogP contribution in [0.2, 0.25) is 0 Å². The topological polar surface area (TPSA) is 414 Å². The van der Waals surface area contributed by atoms with Gasteiger partial charge in [0.25, 0.3) is 0 Å². The van der Waals surface area contributed by atoms with Gasteiger partial charge in [-0.1, -0.05) is 0 Å². The summed E-state index contributed by atoms with van der Waals surface area (Å²) in [5.41, 5.74) is -1.11. The fourth-order valence-electron chi connectivity index (χ4n) is 0.365. The van der Waals surface area contributed by atoms with Crippen molar-refractivity contribution in [1.29, 1.82) is 0 Å². The van der Waals surface area contributed by atoms with Crippen LogP contribution in [0.4, 0.5) is 0 Å². The summed E-state index contributed by atoms with van der Waals surface area (Å²) in [6, 6.07) is 0. The first kappa shape index (κ1) is 47.0. The molecule has 0 heterocycles. The summed E-state index contributed by atoms with van der Waals surface area (Å²) < 4.78 is 3.60. The molecule has 0 bridgehead atoms. The minimum absolute atomic E-state index is 0.406. The molecule has 0 spiro atoms. The molecule has 0 saturated carbocycles. The van der Waals surface area contributed by atoms with Crippen molar-refractivity contribution in [1.82, 2.24) is 0 Å². The molecular weight excluding hydrogens is 582 g/mol. The Morgan fingerprint density at radius 1 is 0.375 bits per heavy atom. The normalized spacial score (nSPS) is 10.3. The second-order valence-electron chi connectivity index (χ2n) is 3.79. The molecule has 0 aromatic carbocycles. The van der Waals surface area contributed by atoms with E-state index in [0.29, 0.717) is 0 Å². The zero-order valence-electron chi connectivity index (χ0n) is 15.4. The van der Waals surface area contributed by atoms with Crippen LogP contribution in [0, 0.1) is 5.41 Å². The standard InChI is InChI=1S/C5H12O4.H4O5P2.4H3O3P/c6-1-5(2-7,3-8)4-9;1-6(2)5-7(3)4;4*1-4(2)3/h6-9H,1-4H2;1-4H;4*1-3H. The molecule has 0 aromatic heterocycles. The van der Waals surface area contributed by atoms with E-state index in [-0.39, 0.29) is 0 Å². The van der Waals surface area contributed by atoms with E-state index >= 15 is 0 Å². The lowest BCUT2D eigenvalue weighted by molar-refractivity contribution is -0.0328. The van der Waals surface area contributed by atoms with Crippen LogP contribution in [0.25, 0.3) is 0 Å². The molecule has 0 saturated heterocycles. The molecule has 0 aliphatic carbocycles. The average Bonchev–Trinajstić information content (AvgIpc) is 2.54. The van der Waals surface area contributed by atoms with Gasteiger partial charge in [0.2, 0.25) is 0 Å². The third-order valence-electron chi connectivity index (χ3n) is 1.49.